The normalized spacial score (nSPS) is 21.9. The largest absolute Gasteiger partial charge is 0.305 e. The zero-order valence-corrected chi connectivity index (χ0v) is 9.99. The summed E-state index contributed by atoms with van der Waals surface area (Å²) >= 11 is 0. The molecular weight excluding hydrogens is 203 g/mol. The first kappa shape index (κ1) is 11.6. The van der Waals surface area contributed by atoms with Gasteiger partial charge in [-0.25, -0.2) is 4.39 Å². The van der Waals surface area contributed by atoms with Gasteiger partial charge in [0, 0.05) is 25.7 Å². The molecule has 1 aliphatic rings. The molecule has 2 rings (SSSR count). The molecule has 1 heterocycles. The second kappa shape index (κ2) is 4.93. The van der Waals surface area contributed by atoms with Crippen LogP contribution in [-0.2, 0) is 6.54 Å². The van der Waals surface area contributed by atoms with Gasteiger partial charge in [0.2, 0.25) is 0 Å². The molecule has 0 saturated carbocycles. The van der Waals surface area contributed by atoms with Crippen LogP contribution >= 0.6 is 0 Å². The maximum absolute atomic E-state index is 13.0. The predicted molar refractivity (Wildman–Crippen MR) is 63.8 cm³/mol. The third-order valence-corrected chi connectivity index (χ3v) is 3.27. The summed E-state index contributed by atoms with van der Waals surface area (Å²) in [4.78, 5) is 4.66. The van der Waals surface area contributed by atoms with Crippen LogP contribution in [0.4, 0.5) is 4.39 Å². The summed E-state index contributed by atoms with van der Waals surface area (Å²) in [7, 11) is 4.24. The number of hydrogen-bond donors (Lipinski definition) is 0. The summed E-state index contributed by atoms with van der Waals surface area (Å²) in [5.74, 6) is -0.138. The van der Waals surface area contributed by atoms with Crippen LogP contribution in [0.1, 0.15) is 12.0 Å². The van der Waals surface area contributed by atoms with Crippen molar-refractivity contribution in [3.8, 4) is 0 Å². The minimum Gasteiger partial charge on any atom is -0.305 e. The number of benzene rings is 1. The summed E-state index contributed by atoms with van der Waals surface area (Å²) in [6, 6.07) is 7.54. The van der Waals surface area contributed by atoms with E-state index < -0.39 is 0 Å². The highest BCUT2D eigenvalue weighted by molar-refractivity contribution is 5.16. The Kier molecular flexibility index (Phi) is 3.56. The number of likely N-dealkylation sites (N-methyl/N-ethyl adjacent to an activating group) is 1. The van der Waals surface area contributed by atoms with E-state index in [1.165, 1.54) is 12.5 Å². The summed E-state index contributed by atoms with van der Waals surface area (Å²) in [5, 5.41) is 0. The maximum atomic E-state index is 13.0. The summed E-state index contributed by atoms with van der Waals surface area (Å²) in [6.45, 7) is 3.06. The summed E-state index contributed by atoms with van der Waals surface area (Å²) < 4.78 is 13.0. The monoisotopic (exact) mass is 222 g/mol. The van der Waals surface area contributed by atoms with Gasteiger partial charge in [-0.3, -0.25) is 4.90 Å². The number of halogens is 1. The van der Waals surface area contributed by atoms with E-state index in [2.05, 4.69) is 23.9 Å². The van der Waals surface area contributed by atoms with Crippen molar-refractivity contribution in [2.75, 3.05) is 27.2 Å². The molecule has 0 bridgehead atoms. The lowest BCUT2D eigenvalue weighted by Gasteiger charge is -2.20. The van der Waals surface area contributed by atoms with Gasteiger partial charge in [-0.2, -0.15) is 0 Å². The van der Waals surface area contributed by atoms with Crippen LogP contribution in [0.2, 0.25) is 0 Å². The second-order valence-electron chi connectivity index (χ2n) is 4.77. The zero-order chi connectivity index (χ0) is 11.5. The fraction of sp³-hybridized carbons (Fsp3) is 0.538. The molecule has 1 unspecified atom stereocenters. The molecule has 0 radical (unpaired) electrons. The highest BCUT2D eigenvalue weighted by Crippen LogP contribution is 2.16. The molecule has 88 valence electrons. The Morgan fingerprint density at radius 2 is 2.25 bits per heavy atom. The molecule has 1 aromatic carbocycles. The van der Waals surface area contributed by atoms with Gasteiger partial charge in [0.25, 0.3) is 0 Å². The van der Waals surface area contributed by atoms with Crippen LogP contribution in [0, 0.1) is 5.82 Å². The Hall–Kier alpha value is -0.930. The number of hydrogen-bond acceptors (Lipinski definition) is 2. The van der Waals surface area contributed by atoms with Gasteiger partial charge in [0.05, 0.1) is 0 Å². The molecule has 1 atom stereocenters. The molecule has 0 spiro atoms. The molecule has 1 fully saturated rings. The van der Waals surface area contributed by atoms with E-state index in [0.29, 0.717) is 6.04 Å². The molecule has 2 nitrogen and oxygen atoms in total. The van der Waals surface area contributed by atoms with Gasteiger partial charge in [-0.05, 0) is 38.2 Å². The van der Waals surface area contributed by atoms with Crippen LogP contribution in [0.25, 0.3) is 0 Å². The van der Waals surface area contributed by atoms with E-state index in [1.54, 1.807) is 12.1 Å². The highest BCUT2D eigenvalue weighted by Gasteiger charge is 2.23. The van der Waals surface area contributed by atoms with E-state index in [4.69, 9.17) is 0 Å². The maximum Gasteiger partial charge on any atom is 0.123 e. The van der Waals surface area contributed by atoms with Crippen molar-refractivity contribution in [1.82, 2.24) is 9.80 Å². The van der Waals surface area contributed by atoms with Gasteiger partial charge in [0.1, 0.15) is 5.82 Å². The fourth-order valence-corrected chi connectivity index (χ4v) is 2.27. The summed E-state index contributed by atoms with van der Waals surface area (Å²) in [5.41, 5.74) is 1.07. The van der Waals surface area contributed by atoms with Gasteiger partial charge in [-0.15, -0.1) is 0 Å². The Bertz CT molecular complexity index is 352. The standard InChI is InChI=1S/C13H19FN2/c1-15(2)13-6-7-16(10-13)9-11-4-3-5-12(14)8-11/h3-5,8,13H,6-7,9-10H2,1-2H3. The lowest BCUT2D eigenvalue weighted by Crippen LogP contribution is -2.31. The number of rotatable bonds is 3. The van der Waals surface area contributed by atoms with Crippen molar-refractivity contribution in [1.29, 1.82) is 0 Å². The molecule has 0 amide bonds. The zero-order valence-electron chi connectivity index (χ0n) is 9.99. The Morgan fingerprint density at radius 1 is 1.44 bits per heavy atom. The van der Waals surface area contributed by atoms with Crippen LogP contribution in [-0.4, -0.2) is 43.0 Å². The first-order valence-electron chi connectivity index (χ1n) is 5.78. The van der Waals surface area contributed by atoms with E-state index in [-0.39, 0.29) is 5.82 Å². The Labute approximate surface area is 96.7 Å². The first-order valence-corrected chi connectivity index (χ1v) is 5.78. The molecule has 1 aromatic rings. The van der Waals surface area contributed by atoms with Crippen molar-refractivity contribution in [2.24, 2.45) is 0 Å². The van der Waals surface area contributed by atoms with Crippen LogP contribution in [0.3, 0.4) is 0 Å². The third kappa shape index (κ3) is 2.80. The average molecular weight is 222 g/mol. The quantitative estimate of drug-likeness (QED) is 0.771. The van der Waals surface area contributed by atoms with Gasteiger partial charge < -0.3 is 4.90 Å². The highest BCUT2D eigenvalue weighted by atomic mass is 19.1. The lowest BCUT2D eigenvalue weighted by molar-refractivity contribution is 0.264. The van der Waals surface area contributed by atoms with Crippen LogP contribution < -0.4 is 0 Å². The molecule has 16 heavy (non-hydrogen) atoms. The van der Waals surface area contributed by atoms with E-state index in [9.17, 15) is 4.39 Å². The Balaban J connectivity index is 1.92. The smallest absolute Gasteiger partial charge is 0.123 e. The van der Waals surface area contributed by atoms with Crippen molar-refractivity contribution in [2.45, 2.75) is 19.0 Å². The second-order valence-corrected chi connectivity index (χ2v) is 4.77. The van der Waals surface area contributed by atoms with Gasteiger partial charge in [-0.1, -0.05) is 12.1 Å². The average Bonchev–Trinajstić information content (AvgIpc) is 2.66. The van der Waals surface area contributed by atoms with Crippen molar-refractivity contribution >= 4 is 0 Å². The molecule has 0 N–H and O–H groups in total. The molecule has 0 aromatic heterocycles. The number of likely N-dealkylation sites (tertiary alicyclic amines) is 1. The van der Waals surface area contributed by atoms with Crippen LogP contribution in [0.15, 0.2) is 24.3 Å². The van der Waals surface area contributed by atoms with Gasteiger partial charge in [0.15, 0.2) is 0 Å². The van der Waals surface area contributed by atoms with E-state index in [0.717, 1.165) is 25.2 Å². The van der Waals surface area contributed by atoms with Gasteiger partial charge >= 0.3 is 0 Å². The van der Waals surface area contributed by atoms with Crippen molar-refractivity contribution in [3.05, 3.63) is 35.6 Å². The van der Waals surface area contributed by atoms with E-state index >= 15 is 0 Å². The fourth-order valence-electron chi connectivity index (χ4n) is 2.27. The lowest BCUT2D eigenvalue weighted by atomic mass is 10.2. The minimum absolute atomic E-state index is 0.138. The van der Waals surface area contributed by atoms with Crippen molar-refractivity contribution < 1.29 is 4.39 Å². The molecule has 1 saturated heterocycles. The molecule has 0 aliphatic carbocycles. The topological polar surface area (TPSA) is 6.48 Å². The summed E-state index contributed by atoms with van der Waals surface area (Å²) in [6.07, 6.45) is 1.21. The molecule has 1 aliphatic heterocycles. The minimum atomic E-state index is -0.138. The van der Waals surface area contributed by atoms with E-state index in [1.807, 2.05) is 6.07 Å². The molecular formula is C13H19FN2. The third-order valence-electron chi connectivity index (χ3n) is 3.27. The first-order chi connectivity index (χ1) is 7.65. The van der Waals surface area contributed by atoms with Crippen molar-refractivity contribution in [3.63, 3.8) is 0 Å². The predicted octanol–water partition coefficient (Wildman–Crippen LogP) is 1.96. The van der Waals surface area contributed by atoms with Crippen LogP contribution in [0.5, 0.6) is 0 Å². The Morgan fingerprint density at radius 3 is 2.88 bits per heavy atom. The molecule has 3 heteroatoms. The SMILES string of the molecule is CN(C)C1CCN(Cc2cccc(F)c2)C1. The number of nitrogens with zero attached hydrogens (tertiary/aromatic N) is 2.